The number of likely N-dealkylation sites (tertiary alicyclic amines) is 1. The van der Waals surface area contributed by atoms with E-state index in [0.29, 0.717) is 18.9 Å². The lowest BCUT2D eigenvalue weighted by Crippen LogP contribution is -2.47. The van der Waals surface area contributed by atoms with Gasteiger partial charge in [0.25, 0.3) is 0 Å². The first-order chi connectivity index (χ1) is 9.63. The van der Waals surface area contributed by atoms with E-state index in [1.807, 2.05) is 4.90 Å². The Balaban J connectivity index is 1.68. The number of amides is 2. The van der Waals surface area contributed by atoms with Crippen LogP contribution in [0.2, 0.25) is 0 Å². The lowest BCUT2D eigenvalue weighted by atomic mass is 10.0. The van der Waals surface area contributed by atoms with Crippen LogP contribution in [0.15, 0.2) is 0 Å². The van der Waals surface area contributed by atoms with Gasteiger partial charge < -0.3 is 20.7 Å². The van der Waals surface area contributed by atoms with E-state index in [0.717, 1.165) is 38.8 Å². The van der Waals surface area contributed by atoms with Crippen LogP contribution in [0.4, 0.5) is 0 Å². The van der Waals surface area contributed by atoms with Crippen molar-refractivity contribution in [1.82, 2.24) is 10.2 Å². The molecule has 1 atom stereocenters. The van der Waals surface area contributed by atoms with Gasteiger partial charge in [-0.1, -0.05) is 0 Å². The number of nitrogens with zero attached hydrogens (tertiary/aromatic N) is 1. The van der Waals surface area contributed by atoms with Crippen molar-refractivity contribution in [3.8, 4) is 0 Å². The quantitative estimate of drug-likeness (QED) is 0.711. The van der Waals surface area contributed by atoms with Crippen molar-refractivity contribution in [2.45, 2.75) is 44.2 Å². The predicted molar refractivity (Wildman–Crippen MR) is 74.9 cm³/mol. The van der Waals surface area contributed by atoms with Gasteiger partial charge in [0.1, 0.15) is 0 Å². The minimum absolute atomic E-state index is 0.0192. The smallest absolute Gasteiger partial charge is 0.225 e. The largest absolute Gasteiger partial charge is 0.380 e. The van der Waals surface area contributed by atoms with Crippen LogP contribution in [-0.4, -0.2) is 55.6 Å². The van der Waals surface area contributed by atoms with Crippen molar-refractivity contribution in [3.63, 3.8) is 0 Å². The molecule has 0 radical (unpaired) electrons. The zero-order valence-electron chi connectivity index (χ0n) is 12.1. The molecule has 1 aliphatic carbocycles. The third-order valence-electron chi connectivity index (χ3n) is 4.11. The maximum atomic E-state index is 11.9. The highest BCUT2D eigenvalue weighted by atomic mass is 16.5. The number of hydrogen-bond donors (Lipinski definition) is 2. The standard InChI is InChI=1S/C14H25N3O3/c1-20-12(9-15)8-13(18)16-11-4-6-17(7-5-11)14(19)10-2-3-10/h10-12H,2-9,15H2,1H3,(H,16,18). The van der Waals surface area contributed by atoms with Crippen LogP contribution < -0.4 is 11.1 Å². The number of methoxy groups -OCH3 is 1. The number of carbonyl (C=O) groups excluding carboxylic acids is 2. The molecule has 1 heterocycles. The number of nitrogens with two attached hydrogens (primary N) is 1. The molecule has 1 saturated heterocycles. The molecule has 0 aromatic heterocycles. The summed E-state index contributed by atoms with van der Waals surface area (Å²) >= 11 is 0. The maximum Gasteiger partial charge on any atom is 0.225 e. The van der Waals surface area contributed by atoms with Gasteiger partial charge in [-0.25, -0.2) is 0 Å². The highest BCUT2D eigenvalue weighted by Gasteiger charge is 2.35. The van der Waals surface area contributed by atoms with E-state index in [2.05, 4.69) is 5.32 Å². The summed E-state index contributed by atoms with van der Waals surface area (Å²) in [5.41, 5.74) is 5.50. The van der Waals surface area contributed by atoms with Crippen molar-refractivity contribution in [2.75, 3.05) is 26.7 Å². The van der Waals surface area contributed by atoms with E-state index < -0.39 is 0 Å². The molecule has 114 valence electrons. The summed E-state index contributed by atoms with van der Waals surface area (Å²) in [5.74, 6) is 0.569. The molecule has 0 aromatic carbocycles. The van der Waals surface area contributed by atoms with Gasteiger partial charge in [0.15, 0.2) is 0 Å². The Hall–Kier alpha value is -1.14. The first-order valence-corrected chi connectivity index (χ1v) is 7.45. The fourth-order valence-corrected chi connectivity index (χ4v) is 2.59. The normalized spacial score (nSPS) is 21.6. The molecule has 0 bridgehead atoms. The molecule has 2 aliphatic rings. The minimum Gasteiger partial charge on any atom is -0.380 e. The van der Waals surface area contributed by atoms with Gasteiger partial charge in [-0.3, -0.25) is 9.59 Å². The Morgan fingerprint density at radius 3 is 2.45 bits per heavy atom. The number of carbonyl (C=O) groups is 2. The number of ether oxygens (including phenoxy) is 1. The number of nitrogens with one attached hydrogen (secondary N) is 1. The van der Waals surface area contributed by atoms with Crippen molar-refractivity contribution >= 4 is 11.8 Å². The Morgan fingerprint density at radius 1 is 1.30 bits per heavy atom. The van der Waals surface area contributed by atoms with Crippen molar-refractivity contribution in [2.24, 2.45) is 11.7 Å². The van der Waals surface area contributed by atoms with Gasteiger partial charge in [-0.2, -0.15) is 0 Å². The molecule has 0 spiro atoms. The third kappa shape index (κ3) is 4.18. The van der Waals surface area contributed by atoms with Crippen molar-refractivity contribution in [3.05, 3.63) is 0 Å². The summed E-state index contributed by atoms with van der Waals surface area (Å²) in [6.45, 7) is 1.86. The summed E-state index contributed by atoms with van der Waals surface area (Å²) in [6, 6.07) is 0.168. The second kappa shape index (κ2) is 7.04. The van der Waals surface area contributed by atoms with E-state index in [9.17, 15) is 9.59 Å². The molecule has 2 fully saturated rings. The fraction of sp³-hybridized carbons (Fsp3) is 0.857. The average molecular weight is 283 g/mol. The Kier molecular flexibility index (Phi) is 5.37. The molecule has 2 rings (SSSR count). The third-order valence-corrected chi connectivity index (χ3v) is 4.11. The predicted octanol–water partition coefficient (Wildman–Crippen LogP) is -0.133. The SMILES string of the molecule is COC(CN)CC(=O)NC1CCN(C(=O)C2CC2)CC1. The molecular formula is C14H25N3O3. The number of piperidine rings is 1. The molecule has 1 saturated carbocycles. The Labute approximate surface area is 120 Å². The van der Waals surface area contributed by atoms with Gasteiger partial charge in [0, 0.05) is 38.7 Å². The number of hydrogen-bond acceptors (Lipinski definition) is 4. The van der Waals surface area contributed by atoms with Gasteiger partial charge >= 0.3 is 0 Å². The van der Waals surface area contributed by atoms with Gasteiger partial charge in [0.2, 0.25) is 11.8 Å². The van der Waals surface area contributed by atoms with Crippen LogP contribution in [0.1, 0.15) is 32.1 Å². The lowest BCUT2D eigenvalue weighted by molar-refractivity contribution is -0.133. The molecule has 1 aliphatic heterocycles. The van der Waals surface area contributed by atoms with Crippen LogP contribution in [0.3, 0.4) is 0 Å². The number of rotatable bonds is 6. The van der Waals surface area contributed by atoms with Crippen LogP contribution >= 0.6 is 0 Å². The summed E-state index contributed by atoms with van der Waals surface area (Å²) in [4.78, 5) is 25.7. The molecule has 6 heteroatoms. The van der Waals surface area contributed by atoms with Crippen LogP contribution in [0, 0.1) is 5.92 Å². The van der Waals surface area contributed by atoms with E-state index in [-0.39, 0.29) is 24.0 Å². The summed E-state index contributed by atoms with van der Waals surface area (Å²) in [5, 5.41) is 3.01. The van der Waals surface area contributed by atoms with E-state index >= 15 is 0 Å². The molecule has 1 unspecified atom stereocenters. The van der Waals surface area contributed by atoms with Gasteiger partial charge in [-0.05, 0) is 25.7 Å². The molecule has 2 amide bonds. The first-order valence-electron chi connectivity index (χ1n) is 7.45. The molecule has 0 aromatic rings. The minimum atomic E-state index is -0.216. The van der Waals surface area contributed by atoms with E-state index in [4.69, 9.17) is 10.5 Å². The zero-order valence-corrected chi connectivity index (χ0v) is 12.1. The molecular weight excluding hydrogens is 258 g/mol. The molecule has 6 nitrogen and oxygen atoms in total. The summed E-state index contributed by atoms with van der Waals surface area (Å²) in [6.07, 6.45) is 3.86. The first kappa shape index (κ1) is 15.3. The second-order valence-corrected chi connectivity index (χ2v) is 5.74. The van der Waals surface area contributed by atoms with Crippen LogP contribution in [0.5, 0.6) is 0 Å². The van der Waals surface area contributed by atoms with E-state index in [1.54, 1.807) is 7.11 Å². The lowest BCUT2D eigenvalue weighted by Gasteiger charge is -2.32. The average Bonchev–Trinajstić information content (AvgIpc) is 3.29. The summed E-state index contributed by atoms with van der Waals surface area (Å²) in [7, 11) is 1.56. The summed E-state index contributed by atoms with van der Waals surface area (Å²) < 4.78 is 5.10. The Morgan fingerprint density at radius 2 is 1.95 bits per heavy atom. The zero-order chi connectivity index (χ0) is 14.5. The Bertz CT molecular complexity index is 346. The monoisotopic (exact) mass is 283 g/mol. The van der Waals surface area contributed by atoms with E-state index in [1.165, 1.54) is 0 Å². The van der Waals surface area contributed by atoms with Crippen LogP contribution in [-0.2, 0) is 14.3 Å². The maximum absolute atomic E-state index is 11.9. The molecule has 20 heavy (non-hydrogen) atoms. The van der Waals surface area contributed by atoms with Crippen LogP contribution in [0.25, 0.3) is 0 Å². The van der Waals surface area contributed by atoms with Gasteiger partial charge in [-0.15, -0.1) is 0 Å². The highest BCUT2D eigenvalue weighted by molar-refractivity contribution is 5.81. The fourth-order valence-electron chi connectivity index (χ4n) is 2.59. The second-order valence-electron chi connectivity index (χ2n) is 5.74. The van der Waals surface area contributed by atoms with Crippen molar-refractivity contribution in [1.29, 1.82) is 0 Å². The van der Waals surface area contributed by atoms with Crippen molar-refractivity contribution < 1.29 is 14.3 Å². The molecule has 3 N–H and O–H groups in total. The van der Waals surface area contributed by atoms with Gasteiger partial charge in [0.05, 0.1) is 12.5 Å². The highest BCUT2D eigenvalue weighted by Crippen LogP contribution is 2.31. The topological polar surface area (TPSA) is 84.7 Å².